The molecule has 7 nitrogen and oxygen atoms in total. The summed E-state index contributed by atoms with van der Waals surface area (Å²) < 4.78 is 5.76. The number of carboxylic acid groups (broad SMARTS) is 1. The Hall–Kier alpha value is -4.10. The third-order valence-electron chi connectivity index (χ3n) is 5.25. The van der Waals surface area contributed by atoms with Gasteiger partial charge in [0.1, 0.15) is 12.4 Å². The van der Waals surface area contributed by atoms with Crippen molar-refractivity contribution >= 4 is 34.5 Å². The Balaban J connectivity index is 1.69. The van der Waals surface area contributed by atoms with Gasteiger partial charge in [0, 0.05) is 17.8 Å². The summed E-state index contributed by atoms with van der Waals surface area (Å²) in [6.45, 7) is 1.41. The summed E-state index contributed by atoms with van der Waals surface area (Å²) in [6, 6.07) is 21.8. The van der Waals surface area contributed by atoms with Crippen LogP contribution in [0.1, 0.15) is 21.5 Å². The van der Waals surface area contributed by atoms with E-state index in [2.05, 4.69) is 15.5 Å². The molecule has 4 rings (SSSR count). The summed E-state index contributed by atoms with van der Waals surface area (Å²) in [5.41, 5.74) is 3.98. The summed E-state index contributed by atoms with van der Waals surface area (Å²) in [7, 11) is 3.99. The van der Waals surface area contributed by atoms with Gasteiger partial charge < -0.3 is 25.4 Å². The minimum Gasteiger partial charge on any atom is -0.492 e. The van der Waals surface area contributed by atoms with Gasteiger partial charge in [-0.1, -0.05) is 36.4 Å². The van der Waals surface area contributed by atoms with Crippen molar-refractivity contribution < 1.29 is 19.4 Å². The number of ether oxygens (including phenoxy) is 1. The second-order valence-corrected chi connectivity index (χ2v) is 7.94. The Bertz CT molecular complexity index is 1200. The van der Waals surface area contributed by atoms with E-state index in [9.17, 15) is 14.7 Å². The molecule has 0 atom stereocenters. The predicted octanol–water partition coefficient (Wildman–Crippen LogP) is 4.26. The number of hydrogen-bond donors (Lipinski definition) is 3. The van der Waals surface area contributed by atoms with Gasteiger partial charge in [-0.2, -0.15) is 0 Å². The fourth-order valence-corrected chi connectivity index (χ4v) is 3.56. The summed E-state index contributed by atoms with van der Waals surface area (Å²) in [5.74, 6) is -0.567. The number of amides is 1. The largest absolute Gasteiger partial charge is 0.492 e. The van der Waals surface area contributed by atoms with Crippen LogP contribution in [0.4, 0.5) is 11.4 Å². The first-order valence-corrected chi connectivity index (χ1v) is 10.6. The minimum absolute atomic E-state index is 0.120. The SMILES string of the molecule is CN(C)CCOc1ccc(N/C(=C2\C(=O)Nc3cc(C(=O)O)ccc32)c2ccccc2)cc1. The summed E-state index contributed by atoms with van der Waals surface area (Å²) in [4.78, 5) is 26.4. The van der Waals surface area contributed by atoms with Crippen molar-refractivity contribution in [3.8, 4) is 5.75 Å². The quantitative estimate of drug-likeness (QED) is 0.451. The fourth-order valence-electron chi connectivity index (χ4n) is 3.56. The molecule has 3 aromatic carbocycles. The smallest absolute Gasteiger partial charge is 0.335 e. The van der Waals surface area contributed by atoms with Crippen LogP contribution in [0.25, 0.3) is 11.3 Å². The fraction of sp³-hybridized carbons (Fsp3) is 0.154. The molecule has 1 aliphatic rings. The van der Waals surface area contributed by atoms with Gasteiger partial charge in [-0.3, -0.25) is 4.79 Å². The Kier molecular flexibility index (Phi) is 6.42. The van der Waals surface area contributed by atoms with E-state index in [-0.39, 0.29) is 11.5 Å². The van der Waals surface area contributed by atoms with Crippen LogP contribution in [0.15, 0.2) is 72.8 Å². The van der Waals surface area contributed by atoms with Gasteiger partial charge in [0.05, 0.1) is 22.5 Å². The van der Waals surface area contributed by atoms with Crippen LogP contribution in [0, 0.1) is 0 Å². The second kappa shape index (κ2) is 9.58. The Morgan fingerprint density at radius 3 is 2.39 bits per heavy atom. The van der Waals surface area contributed by atoms with Gasteiger partial charge in [0.2, 0.25) is 0 Å². The number of hydrogen-bond acceptors (Lipinski definition) is 5. The molecule has 1 amide bonds. The molecule has 33 heavy (non-hydrogen) atoms. The highest BCUT2D eigenvalue weighted by molar-refractivity contribution is 6.37. The number of carbonyl (C=O) groups excluding carboxylic acids is 1. The normalized spacial score (nSPS) is 14.0. The average Bonchev–Trinajstić information content (AvgIpc) is 3.13. The van der Waals surface area contributed by atoms with Gasteiger partial charge in [-0.15, -0.1) is 0 Å². The standard InChI is InChI=1S/C26H25N3O4/c1-29(2)14-15-33-20-11-9-19(10-12-20)27-24(17-6-4-3-5-7-17)23-21-13-8-18(26(31)32)16-22(21)28-25(23)30/h3-13,16,27H,14-15H2,1-2H3,(H,28,30)(H,31,32)/b24-23-. The first-order chi connectivity index (χ1) is 15.9. The maximum absolute atomic E-state index is 13.0. The van der Waals surface area contributed by atoms with Crippen LogP contribution in [0.3, 0.4) is 0 Å². The first kappa shape index (κ1) is 22.1. The Morgan fingerprint density at radius 2 is 1.73 bits per heavy atom. The van der Waals surface area contributed by atoms with E-state index in [0.717, 1.165) is 23.5 Å². The lowest BCUT2D eigenvalue weighted by Gasteiger charge is -2.16. The number of carboxylic acids is 1. The molecule has 0 aliphatic carbocycles. The van der Waals surface area contributed by atoms with E-state index in [4.69, 9.17) is 4.74 Å². The maximum atomic E-state index is 13.0. The van der Waals surface area contributed by atoms with Crippen LogP contribution >= 0.6 is 0 Å². The molecule has 3 aromatic rings. The van der Waals surface area contributed by atoms with Gasteiger partial charge in [0.25, 0.3) is 5.91 Å². The molecular formula is C26H25N3O4. The Labute approximate surface area is 192 Å². The molecule has 0 saturated heterocycles. The monoisotopic (exact) mass is 443 g/mol. The molecular weight excluding hydrogens is 418 g/mol. The number of benzene rings is 3. The van der Waals surface area contributed by atoms with Crippen molar-refractivity contribution in [2.24, 2.45) is 0 Å². The van der Waals surface area contributed by atoms with Crippen molar-refractivity contribution in [1.82, 2.24) is 4.90 Å². The van der Waals surface area contributed by atoms with Crippen LogP contribution in [-0.4, -0.2) is 49.1 Å². The lowest BCUT2D eigenvalue weighted by atomic mass is 9.99. The average molecular weight is 444 g/mol. The van der Waals surface area contributed by atoms with E-state index < -0.39 is 5.97 Å². The van der Waals surface area contributed by atoms with E-state index in [1.165, 1.54) is 12.1 Å². The molecule has 0 unspecified atom stereocenters. The summed E-state index contributed by atoms with van der Waals surface area (Å²) in [5, 5.41) is 15.5. The van der Waals surface area contributed by atoms with Crippen molar-refractivity contribution in [3.63, 3.8) is 0 Å². The van der Waals surface area contributed by atoms with Gasteiger partial charge in [-0.25, -0.2) is 4.79 Å². The molecule has 0 aromatic heterocycles. The molecule has 3 N–H and O–H groups in total. The highest BCUT2D eigenvalue weighted by Gasteiger charge is 2.29. The predicted molar refractivity (Wildman–Crippen MR) is 129 cm³/mol. The highest BCUT2D eigenvalue weighted by Crippen LogP contribution is 2.38. The minimum atomic E-state index is -1.04. The molecule has 0 radical (unpaired) electrons. The van der Waals surface area contributed by atoms with E-state index >= 15 is 0 Å². The van der Waals surface area contributed by atoms with Crippen molar-refractivity contribution in [2.45, 2.75) is 0 Å². The second-order valence-electron chi connectivity index (χ2n) is 7.94. The van der Waals surface area contributed by atoms with E-state index in [1.54, 1.807) is 6.07 Å². The number of likely N-dealkylation sites (N-methyl/N-ethyl adjacent to an activating group) is 1. The summed E-state index contributed by atoms with van der Waals surface area (Å²) in [6.07, 6.45) is 0. The zero-order valence-electron chi connectivity index (χ0n) is 18.5. The van der Waals surface area contributed by atoms with Crippen LogP contribution in [-0.2, 0) is 4.79 Å². The number of anilines is 2. The van der Waals surface area contributed by atoms with Crippen molar-refractivity contribution in [2.75, 3.05) is 37.9 Å². The number of nitrogens with one attached hydrogen (secondary N) is 2. The van der Waals surface area contributed by atoms with Crippen LogP contribution < -0.4 is 15.4 Å². The van der Waals surface area contributed by atoms with Crippen molar-refractivity contribution in [1.29, 1.82) is 0 Å². The zero-order valence-corrected chi connectivity index (χ0v) is 18.5. The third kappa shape index (κ3) is 5.05. The lowest BCUT2D eigenvalue weighted by Crippen LogP contribution is -2.19. The number of aromatic carboxylic acids is 1. The number of rotatable bonds is 8. The first-order valence-electron chi connectivity index (χ1n) is 10.6. The zero-order chi connectivity index (χ0) is 23.4. The molecule has 0 fully saturated rings. The molecule has 0 spiro atoms. The number of nitrogens with zero attached hydrogens (tertiary/aromatic N) is 1. The third-order valence-corrected chi connectivity index (χ3v) is 5.25. The van der Waals surface area contributed by atoms with Gasteiger partial charge in [0.15, 0.2) is 0 Å². The highest BCUT2D eigenvalue weighted by atomic mass is 16.5. The van der Waals surface area contributed by atoms with Crippen molar-refractivity contribution in [3.05, 3.63) is 89.5 Å². The lowest BCUT2D eigenvalue weighted by molar-refractivity contribution is -0.110. The van der Waals surface area contributed by atoms with Gasteiger partial charge in [-0.05, 0) is 56.1 Å². The number of carbonyl (C=O) groups is 2. The van der Waals surface area contributed by atoms with Crippen LogP contribution in [0.5, 0.6) is 5.75 Å². The molecule has 1 aliphatic heterocycles. The molecule has 7 heteroatoms. The summed E-state index contributed by atoms with van der Waals surface area (Å²) >= 11 is 0. The molecule has 168 valence electrons. The van der Waals surface area contributed by atoms with Gasteiger partial charge >= 0.3 is 5.97 Å². The Morgan fingerprint density at radius 1 is 1.00 bits per heavy atom. The molecule has 0 bridgehead atoms. The van der Waals surface area contributed by atoms with Crippen LogP contribution in [0.2, 0.25) is 0 Å². The number of fused-ring (bicyclic) bond motifs is 1. The topological polar surface area (TPSA) is 90.9 Å². The maximum Gasteiger partial charge on any atom is 0.335 e. The molecule has 0 saturated carbocycles. The van der Waals surface area contributed by atoms with E-state index in [1.807, 2.05) is 68.7 Å². The van der Waals surface area contributed by atoms with E-state index in [0.29, 0.717) is 29.1 Å². The molecule has 1 heterocycles.